The van der Waals surface area contributed by atoms with Crippen molar-refractivity contribution in [1.82, 2.24) is 10.3 Å². The van der Waals surface area contributed by atoms with Crippen molar-refractivity contribution in [2.75, 3.05) is 0 Å². The Kier molecular flexibility index (Phi) is 6.39. The Labute approximate surface area is 210 Å². The number of aromatic carboxylic acids is 1. The molecule has 2 fully saturated rings. The minimum absolute atomic E-state index is 0.0452. The maximum absolute atomic E-state index is 13.2. The fraction of sp³-hybridized carbons (Fsp3) is 0.267. The molecule has 2 N–H and O–H groups in total. The number of carbonyl (C=O) groups is 2. The highest BCUT2D eigenvalue weighted by Gasteiger charge is 2.37. The normalized spacial score (nSPS) is 16.8. The minimum atomic E-state index is -0.961. The van der Waals surface area contributed by atoms with Gasteiger partial charge in [0.1, 0.15) is 11.6 Å². The lowest BCUT2D eigenvalue weighted by atomic mass is 9.86. The number of amides is 1. The van der Waals surface area contributed by atoms with Crippen LogP contribution in [0.4, 0.5) is 0 Å². The zero-order valence-electron chi connectivity index (χ0n) is 19.9. The van der Waals surface area contributed by atoms with Gasteiger partial charge in [-0.25, -0.2) is 4.79 Å². The summed E-state index contributed by atoms with van der Waals surface area (Å²) in [5.41, 5.74) is 4.09. The van der Waals surface area contributed by atoms with Gasteiger partial charge in [-0.2, -0.15) is 5.26 Å². The molecule has 0 aliphatic heterocycles. The zero-order valence-corrected chi connectivity index (χ0v) is 19.9. The van der Waals surface area contributed by atoms with Gasteiger partial charge in [0, 0.05) is 11.6 Å². The largest absolute Gasteiger partial charge is 0.478 e. The van der Waals surface area contributed by atoms with Crippen molar-refractivity contribution < 1.29 is 14.7 Å². The van der Waals surface area contributed by atoms with Crippen LogP contribution >= 0.6 is 0 Å². The molecule has 0 bridgehead atoms. The summed E-state index contributed by atoms with van der Waals surface area (Å²) in [7, 11) is 0. The number of hydrogen-bond acceptors (Lipinski definition) is 4. The highest BCUT2D eigenvalue weighted by Crippen LogP contribution is 2.40. The number of benzene rings is 2. The number of hydrogen-bond donors (Lipinski definition) is 2. The molecule has 3 aromatic rings. The first-order chi connectivity index (χ1) is 17.5. The van der Waals surface area contributed by atoms with Crippen LogP contribution in [0.5, 0.6) is 0 Å². The van der Waals surface area contributed by atoms with Crippen LogP contribution < -0.4 is 5.32 Å². The molecule has 5 rings (SSSR count). The molecular formula is C30H27N3O3. The molecule has 0 unspecified atom stereocenters. The van der Waals surface area contributed by atoms with Crippen molar-refractivity contribution in [1.29, 1.82) is 5.26 Å². The maximum atomic E-state index is 13.2. The molecule has 2 aliphatic rings. The van der Waals surface area contributed by atoms with Gasteiger partial charge in [0.15, 0.2) is 0 Å². The van der Waals surface area contributed by atoms with Crippen molar-refractivity contribution in [2.24, 2.45) is 0 Å². The fourth-order valence-corrected chi connectivity index (χ4v) is 5.01. The minimum Gasteiger partial charge on any atom is -0.478 e. The molecule has 0 saturated heterocycles. The van der Waals surface area contributed by atoms with E-state index in [9.17, 15) is 20.0 Å². The smallest absolute Gasteiger partial charge is 0.335 e. The average molecular weight is 478 g/mol. The summed E-state index contributed by atoms with van der Waals surface area (Å²) in [5.74, 6) is -0.859. The number of nitrogens with one attached hydrogen (secondary N) is 1. The van der Waals surface area contributed by atoms with Crippen LogP contribution in [-0.4, -0.2) is 22.0 Å². The first kappa shape index (κ1) is 23.5. The summed E-state index contributed by atoms with van der Waals surface area (Å²) in [6.07, 6.45) is 7.40. The molecule has 1 amide bonds. The molecule has 1 heterocycles. The second-order valence-corrected chi connectivity index (χ2v) is 9.64. The number of nitrogens with zero attached hydrogens (tertiary/aromatic N) is 2. The van der Waals surface area contributed by atoms with E-state index in [2.05, 4.69) is 16.4 Å². The van der Waals surface area contributed by atoms with Gasteiger partial charge in [0.2, 0.25) is 0 Å². The van der Waals surface area contributed by atoms with E-state index >= 15 is 0 Å². The number of rotatable bonds is 7. The maximum Gasteiger partial charge on any atom is 0.335 e. The SMILES string of the molecule is N#CC(=Cc1cccc(C2CC2)n1)C(=O)NC1(c2ccc(-c3cccc(C(=O)O)c3)cc2)CCCC1. The molecule has 0 radical (unpaired) electrons. The molecular weight excluding hydrogens is 450 g/mol. The predicted molar refractivity (Wildman–Crippen MR) is 137 cm³/mol. The van der Waals surface area contributed by atoms with Crippen molar-refractivity contribution in [3.05, 3.63) is 94.8 Å². The van der Waals surface area contributed by atoms with Gasteiger partial charge >= 0.3 is 5.97 Å². The van der Waals surface area contributed by atoms with E-state index < -0.39 is 17.4 Å². The van der Waals surface area contributed by atoms with Crippen LogP contribution in [0.25, 0.3) is 17.2 Å². The number of aromatic nitrogens is 1. The van der Waals surface area contributed by atoms with Gasteiger partial charge in [0.05, 0.1) is 16.8 Å². The van der Waals surface area contributed by atoms with Crippen molar-refractivity contribution >= 4 is 18.0 Å². The van der Waals surface area contributed by atoms with Crippen LogP contribution in [-0.2, 0) is 10.3 Å². The molecule has 0 atom stereocenters. The Hall–Kier alpha value is -4.24. The third kappa shape index (κ3) is 4.92. The van der Waals surface area contributed by atoms with E-state index in [1.54, 1.807) is 24.3 Å². The molecule has 0 spiro atoms. The highest BCUT2D eigenvalue weighted by molar-refractivity contribution is 6.02. The summed E-state index contributed by atoms with van der Waals surface area (Å²) < 4.78 is 0. The third-order valence-electron chi connectivity index (χ3n) is 7.14. The predicted octanol–water partition coefficient (Wildman–Crippen LogP) is 5.82. The monoisotopic (exact) mass is 477 g/mol. The lowest BCUT2D eigenvalue weighted by Gasteiger charge is -2.31. The van der Waals surface area contributed by atoms with Gasteiger partial charge in [-0.05, 0) is 72.7 Å². The summed E-state index contributed by atoms with van der Waals surface area (Å²) in [6.45, 7) is 0. The Morgan fingerprint density at radius 1 is 1.00 bits per heavy atom. The quantitative estimate of drug-likeness (QED) is 0.330. The van der Waals surface area contributed by atoms with E-state index in [0.29, 0.717) is 11.6 Å². The molecule has 2 saturated carbocycles. The Morgan fingerprint density at radius 2 is 1.72 bits per heavy atom. The summed E-state index contributed by atoms with van der Waals surface area (Å²) >= 11 is 0. The van der Waals surface area contributed by atoms with E-state index in [4.69, 9.17) is 0 Å². The van der Waals surface area contributed by atoms with Gasteiger partial charge in [-0.3, -0.25) is 9.78 Å². The molecule has 6 nitrogen and oxygen atoms in total. The summed E-state index contributed by atoms with van der Waals surface area (Å²) in [6, 6.07) is 22.5. The van der Waals surface area contributed by atoms with Crippen molar-refractivity contribution in [3.8, 4) is 17.2 Å². The van der Waals surface area contributed by atoms with Gasteiger partial charge in [0.25, 0.3) is 5.91 Å². The fourth-order valence-electron chi connectivity index (χ4n) is 5.01. The van der Waals surface area contributed by atoms with Gasteiger partial charge in [-0.1, -0.05) is 55.3 Å². The van der Waals surface area contributed by atoms with E-state index in [1.165, 1.54) is 0 Å². The summed E-state index contributed by atoms with van der Waals surface area (Å²) in [5, 5.41) is 22.2. The Balaban J connectivity index is 1.38. The standard InChI is InChI=1S/C30H27N3O3/c31-19-24(18-26-7-4-8-27(32-26)21-9-10-21)28(34)33-30(15-1-2-16-30)25-13-11-20(12-14-25)22-5-3-6-23(17-22)29(35)36/h3-8,11-14,17-18,21H,1-2,9-10,15-16H2,(H,33,34)(H,35,36). The van der Waals surface area contributed by atoms with Crippen LogP contribution in [0, 0.1) is 11.3 Å². The highest BCUT2D eigenvalue weighted by atomic mass is 16.4. The van der Waals surface area contributed by atoms with E-state index in [-0.39, 0.29) is 11.1 Å². The zero-order chi connectivity index (χ0) is 25.1. The second kappa shape index (κ2) is 9.79. The average Bonchev–Trinajstić information content (AvgIpc) is 3.66. The molecule has 36 heavy (non-hydrogen) atoms. The van der Waals surface area contributed by atoms with Crippen LogP contribution in [0.15, 0.2) is 72.3 Å². The number of carboxylic acid groups (broad SMARTS) is 1. The first-order valence-corrected chi connectivity index (χ1v) is 12.3. The molecule has 180 valence electrons. The summed E-state index contributed by atoms with van der Waals surface area (Å²) in [4.78, 5) is 29.2. The van der Waals surface area contributed by atoms with Crippen LogP contribution in [0.2, 0.25) is 0 Å². The number of carbonyl (C=O) groups excluding carboxylic acids is 1. The van der Waals surface area contributed by atoms with E-state index in [0.717, 1.165) is 60.9 Å². The molecule has 2 aliphatic carbocycles. The Bertz CT molecular complexity index is 1380. The van der Waals surface area contributed by atoms with Crippen molar-refractivity contribution in [3.63, 3.8) is 0 Å². The lowest BCUT2D eigenvalue weighted by molar-refractivity contribution is -0.119. The van der Waals surface area contributed by atoms with Crippen LogP contribution in [0.1, 0.15) is 71.8 Å². The molecule has 6 heteroatoms. The topological polar surface area (TPSA) is 103 Å². The van der Waals surface area contributed by atoms with E-state index in [1.807, 2.05) is 48.5 Å². The third-order valence-corrected chi connectivity index (χ3v) is 7.14. The number of nitriles is 1. The number of carboxylic acids is 1. The van der Waals surface area contributed by atoms with Gasteiger partial charge in [-0.15, -0.1) is 0 Å². The first-order valence-electron chi connectivity index (χ1n) is 12.3. The molecule has 2 aromatic carbocycles. The van der Waals surface area contributed by atoms with Crippen molar-refractivity contribution in [2.45, 2.75) is 50.0 Å². The molecule has 1 aromatic heterocycles. The van der Waals surface area contributed by atoms with Gasteiger partial charge < -0.3 is 10.4 Å². The lowest BCUT2D eigenvalue weighted by Crippen LogP contribution is -2.44. The van der Waals surface area contributed by atoms with Crippen LogP contribution in [0.3, 0.4) is 0 Å². The Morgan fingerprint density at radius 3 is 2.39 bits per heavy atom. The number of pyridine rings is 1. The second-order valence-electron chi connectivity index (χ2n) is 9.64.